The third-order valence-electron chi connectivity index (χ3n) is 3.01. The molecule has 0 radical (unpaired) electrons. The van der Waals surface area contributed by atoms with Crippen LogP contribution in [-0.2, 0) is 6.54 Å². The zero-order valence-electron chi connectivity index (χ0n) is 9.19. The van der Waals surface area contributed by atoms with Crippen molar-refractivity contribution in [3.63, 3.8) is 0 Å². The fourth-order valence-corrected chi connectivity index (χ4v) is 2.23. The Hall–Kier alpha value is -1.13. The zero-order chi connectivity index (χ0) is 11.5. The van der Waals surface area contributed by atoms with Crippen LogP contribution in [0.5, 0.6) is 0 Å². The normalized spacial score (nSPS) is 21.5. The molecule has 1 aromatic rings. The van der Waals surface area contributed by atoms with Crippen LogP contribution in [0, 0.1) is 11.7 Å². The van der Waals surface area contributed by atoms with Crippen molar-refractivity contribution < 1.29 is 9.50 Å². The van der Waals surface area contributed by atoms with Crippen molar-refractivity contribution in [3.8, 4) is 0 Å². The molecule has 1 atom stereocenters. The summed E-state index contributed by atoms with van der Waals surface area (Å²) in [5, 5.41) is 9.03. The van der Waals surface area contributed by atoms with Gasteiger partial charge in [0.25, 0.3) is 0 Å². The Morgan fingerprint density at radius 2 is 2.25 bits per heavy atom. The summed E-state index contributed by atoms with van der Waals surface area (Å²) in [5.41, 5.74) is 6.95. The quantitative estimate of drug-likeness (QED) is 0.759. The Balaban J connectivity index is 1.99. The fourth-order valence-electron chi connectivity index (χ4n) is 2.23. The van der Waals surface area contributed by atoms with E-state index in [-0.39, 0.29) is 12.4 Å². The van der Waals surface area contributed by atoms with Gasteiger partial charge in [0.2, 0.25) is 0 Å². The Morgan fingerprint density at radius 1 is 1.44 bits per heavy atom. The van der Waals surface area contributed by atoms with Crippen LogP contribution in [0.25, 0.3) is 0 Å². The van der Waals surface area contributed by atoms with E-state index in [4.69, 9.17) is 10.8 Å². The maximum absolute atomic E-state index is 13.1. The minimum absolute atomic E-state index is 0.238. The van der Waals surface area contributed by atoms with Crippen LogP contribution in [0.2, 0.25) is 0 Å². The van der Waals surface area contributed by atoms with Gasteiger partial charge < -0.3 is 10.8 Å². The van der Waals surface area contributed by atoms with Crippen molar-refractivity contribution >= 4 is 5.69 Å². The van der Waals surface area contributed by atoms with Gasteiger partial charge in [-0.15, -0.1) is 0 Å². The van der Waals surface area contributed by atoms with Gasteiger partial charge >= 0.3 is 0 Å². The molecule has 0 amide bonds. The SMILES string of the molecule is Nc1cc(F)cc(CN2CCC(CO)C2)c1. The number of nitrogens with zero attached hydrogens (tertiary/aromatic N) is 1. The van der Waals surface area contributed by atoms with Crippen molar-refractivity contribution in [2.24, 2.45) is 5.92 Å². The highest BCUT2D eigenvalue weighted by atomic mass is 19.1. The van der Waals surface area contributed by atoms with Gasteiger partial charge in [0.15, 0.2) is 0 Å². The van der Waals surface area contributed by atoms with Gasteiger partial charge in [0.05, 0.1) is 0 Å². The first-order valence-corrected chi connectivity index (χ1v) is 5.55. The molecule has 0 aromatic heterocycles. The third kappa shape index (κ3) is 2.71. The van der Waals surface area contributed by atoms with Gasteiger partial charge in [0, 0.05) is 25.4 Å². The standard InChI is InChI=1S/C12H17FN2O/c13-11-3-10(4-12(14)5-11)7-15-2-1-9(6-15)8-16/h3-5,9,16H,1-2,6-8,14H2. The average Bonchev–Trinajstić information content (AvgIpc) is 2.64. The summed E-state index contributed by atoms with van der Waals surface area (Å²) in [6, 6.07) is 4.64. The molecule has 0 aliphatic carbocycles. The minimum atomic E-state index is -0.284. The molecular weight excluding hydrogens is 207 g/mol. The number of hydrogen-bond donors (Lipinski definition) is 2. The highest BCUT2D eigenvalue weighted by molar-refractivity contribution is 5.41. The number of nitrogens with two attached hydrogens (primary N) is 1. The number of benzene rings is 1. The predicted molar refractivity (Wildman–Crippen MR) is 61.3 cm³/mol. The molecule has 16 heavy (non-hydrogen) atoms. The van der Waals surface area contributed by atoms with E-state index < -0.39 is 0 Å². The lowest BCUT2D eigenvalue weighted by atomic mass is 10.1. The summed E-state index contributed by atoms with van der Waals surface area (Å²) in [7, 11) is 0. The second kappa shape index (κ2) is 4.80. The van der Waals surface area contributed by atoms with Crippen molar-refractivity contribution in [2.45, 2.75) is 13.0 Å². The highest BCUT2D eigenvalue weighted by Gasteiger charge is 2.21. The second-order valence-electron chi connectivity index (χ2n) is 4.47. The molecule has 0 bridgehead atoms. The van der Waals surface area contributed by atoms with E-state index in [1.807, 2.05) is 0 Å². The fraction of sp³-hybridized carbons (Fsp3) is 0.500. The molecule has 0 saturated carbocycles. The van der Waals surface area contributed by atoms with E-state index >= 15 is 0 Å². The van der Waals surface area contributed by atoms with Crippen LogP contribution in [0.4, 0.5) is 10.1 Å². The number of likely N-dealkylation sites (tertiary alicyclic amines) is 1. The maximum Gasteiger partial charge on any atom is 0.125 e. The van der Waals surface area contributed by atoms with E-state index in [0.717, 1.165) is 25.1 Å². The summed E-state index contributed by atoms with van der Waals surface area (Å²) in [5.74, 6) is 0.0822. The topological polar surface area (TPSA) is 49.5 Å². The molecule has 1 fully saturated rings. The molecule has 3 nitrogen and oxygen atoms in total. The Bertz CT molecular complexity index is 350. The summed E-state index contributed by atoms with van der Waals surface area (Å²) >= 11 is 0. The van der Waals surface area contributed by atoms with Crippen LogP contribution >= 0.6 is 0 Å². The van der Waals surface area contributed by atoms with Crippen molar-refractivity contribution in [3.05, 3.63) is 29.6 Å². The zero-order valence-corrected chi connectivity index (χ0v) is 9.19. The molecule has 1 unspecified atom stereocenters. The number of nitrogen functional groups attached to an aromatic ring is 1. The van der Waals surface area contributed by atoms with E-state index in [9.17, 15) is 4.39 Å². The van der Waals surface area contributed by atoms with Crippen LogP contribution in [0.15, 0.2) is 18.2 Å². The predicted octanol–water partition coefficient (Wildman–Crippen LogP) is 1.22. The number of aliphatic hydroxyl groups excluding tert-OH is 1. The number of hydrogen-bond acceptors (Lipinski definition) is 3. The van der Waals surface area contributed by atoms with Gasteiger partial charge in [-0.2, -0.15) is 0 Å². The number of halogens is 1. The van der Waals surface area contributed by atoms with Crippen LogP contribution in [-0.4, -0.2) is 29.7 Å². The number of anilines is 1. The Labute approximate surface area is 94.7 Å². The Kier molecular flexibility index (Phi) is 3.41. The first kappa shape index (κ1) is 11.4. The van der Waals surface area contributed by atoms with Gasteiger partial charge in [-0.3, -0.25) is 4.90 Å². The van der Waals surface area contributed by atoms with Crippen LogP contribution in [0.1, 0.15) is 12.0 Å². The monoisotopic (exact) mass is 224 g/mol. The van der Waals surface area contributed by atoms with E-state index in [1.165, 1.54) is 12.1 Å². The molecule has 1 aromatic carbocycles. The second-order valence-corrected chi connectivity index (χ2v) is 4.47. The molecular formula is C12H17FN2O. The van der Waals surface area contributed by atoms with Crippen molar-refractivity contribution in [1.29, 1.82) is 0 Å². The van der Waals surface area contributed by atoms with E-state index in [1.54, 1.807) is 6.07 Å². The van der Waals surface area contributed by atoms with E-state index in [0.29, 0.717) is 18.2 Å². The molecule has 1 aliphatic rings. The largest absolute Gasteiger partial charge is 0.399 e. The lowest BCUT2D eigenvalue weighted by molar-refractivity contribution is 0.220. The van der Waals surface area contributed by atoms with Crippen LogP contribution in [0.3, 0.4) is 0 Å². The van der Waals surface area contributed by atoms with Crippen molar-refractivity contribution in [2.75, 3.05) is 25.4 Å². The lowest BCUT2D eigenvalue weighted by Gasteiger charge is -2.15. The molecule has 2 rings (SSSR count). The number of rotatable bonds is 3. The molecule has 1 heterocycles. The molecule has 3 N–H and O–H groups in total. The maximum atomic E-state index is 13.1. The average molecular weight is 224 g/mol. The molecule has 88 valence electrons. The summed E-state index contributed by atoms with van der Waals surface area (Å²) in [6.07, 6.45) is 1.02. The molecule has 0 spiro atoms. The molecule has 1 saturated heterocycles. The highest BCUT2D eigenvalue weighted by Crippen LogP contribution is 2.19. The lowest BCUT2D eigenvalue weighted by Crippen LogP contribution is -2.21. The van der Waals surface area contributed by atoms with Gasteiger partial charge in [-0.1, -0.05) is 0 Å². The van der Waals surface area contributed by atoms with Crippen LogP contribution < -0.4 is 5.73 Å². The van der Waals surface area contributed by atoms with Gasteiger partial charge in [0.1, 0.15) is 5.82 Å². The van der Waals surface area contributed by atoms with Gasteiger partial charge in [-0.25, -0.2) is 4.39 Å². The first-order chi connectivity index (χ1) is 7.67. The smallest absolute Gasteiger partial charge is 0.125 e. The summed E-state index contributed by atoms with van der Waals surface area (Å²) in [4.78, 5) is 2.22. The third-order valence-corrected chi connectivity index (χ3v) is 3.01. The Morgan fingerprint density at radius 3 is 2.88 bits per heavy atom. The minimum Gasteiger partial charge on any atom is -0.399 e. The summed E-state index contributed by atoms with van der Waals surface area (Å²) < 4.78 is 13.1. The first-order valence-electron chi connectivity index (χ1n) is 5.55. The van der Waals surface area contributed by atoms with E-state index in [2.05, 4.69) is 4.90 Å². The number of aliphatic hydroxyl groups is 1. The van der Waals surface area contributed by atoms with Crippen molar-refractivity contribution in [1.82, 2.24) is 4.90 Å². The molecule has 4 heteroatoms. The molecule has 1 aliphatic heterocycles. The van der Waals surface area contributed by atoms with Gasteiger partial charge in [-0.05, 0) is 42.6 Å². The summed E-state index contributed by atoms with van der Waals surface area (Å²) in [6.45, 7) is 2.79.